The Morgan fingerprint density at radius 3 is 1.41 bits per heavy atom. The fraction of sp³-hybridized carbons (Fsp3) is 0.250. The Morgan fingerprint density at radius 2 is 1.18 bits per heavy atom. The van der Waals surface area contributed by atoms with E-state index in [2.05, 4.69) is 55.5 Å². The van der Waals surface area contributed by atoms with Crippen molar-refractivity contribution in [3.8, 4) is 11.1 Å². The van der Waals surface area contributed by atoms with E-state index >= 15 is 0 Å². The standard InChI is InChI=1S/C12H10.C4H12Si/c1-3-7-11(8-4-1)12-9-5-2-6-10-12;1-2-3-4-5/h1-10H;2-4H2,1,5H3. The molecule has 1 heteroatoms. The second kappa shape index (κ2) is 8.77. The minimum atomic E-state index is 1.28. The Balaban J connectivity index is 0.000000249. The molecule has 2 aromatic carbocycles. The topological polar surface area (TPSA) is 0 Å². The zero-order valence-corrected chi connectivity index (χ0v) is 12.9. The zero-order valence-electron chi connectivity index (χ0n) is 10.9. The van der Waals surface area contributed by atoms with Gasteiger partial charge in [0.2, 0.25) is 0 Å². The molecule has 0 spiro atoms. The van der Waals surface area contributed by atoms with E-state index in [1.54, 1.807) is 0 Å². The van der Waals surface area contributed by atoms with Crippen LogP contribution >= 0.6 is 0 Å². The lowest BCUT2D eigenvalue weighted by atomic mass is 10.1. The minimum Gasteiger partial charge on any atom is -0.0659 e. The fourth-order valence-corrected chi connectivity index (χ4v) is 2.32. The summed E-state index contributed by atoms with van der Waals surface area (Å²) in [5, 5.41) is 0. The molecule has 0 fully saturated rings. The summed E-state index contributed by atoms with van der Waals surface area (Å²) < 4.78 is 0. The van der Waals surface area contributed by atoms with Gasteiger partial charge in [-0.3, -0.25) is 0 Å². The van der Waals surface area contributed by atoms with Gasteiger partial charge in [-0.15, -0.1) is 0 Å². The summed E-state index contributed by atoms with van der Waals surface area (Å²) in [6.45, 7) is 2.23. The molecule has 2 aromatic rings. The number of hydrogen-bond acceptors (Lipinski definition) is 0. The van der Waals surface area contributed by atoms with Gasteiger partial charge >= 0.3 is 0 Å². The average molecular weight is 242 g/mol. The van der Waals surface area contributed by atoms with Crippen LogP contribution in [0.3, 0.4) is 0 Å². The lowest BCUT2D eigenvalue weighted by Gasteiger charge is -1.98. The van der Waals surface area contributed by atoms with E-state index in [1.807, 2.05) is 12.1 Å². The van der Waals surface area contributed by atoms with E-state index in [-0.39, 0.29) is 0 Å². The highest BCUT2D eigenvalue weighted by Gasteiger charge is 1.91. The van der Waals surface area contributed by atoms with Gasteiger partial charge in [-0.1, -0.05) is 86.5 Å². The van der Waals surface area contributed by atoms with Gasteiger partial charge in [-0.2, -0.15) is 0 Å². The van der Waals surface area contributed by atoms with Crippen LogP contribution in [0.25, 0.3) is 11.1 Å². The molecular formula is C16H22Si. The number of benzene rings is 2. The van der Waals surface area contributed by atoms with E-state index in [0.717, 1.165) is 0 Å². The Hall–Kier alpha value is -1.34. The predicted molar refractivity (Wildman–Crippen MR) is 81.5 cm³/mol. The molecule has 2 rings (SSSR count). The minimum absolute atomic E-state index is 1.28. The van der Waals surface area contributed by atoms with Crippen molar-refractivity contribution >= 4 is 10.2 Å². The van der Waals surface area contributed by atoms with Crippen LogP contribution < -0.4 is 0 Å². The first-order valence-corrected chi connectivity index (χ1v) is 7.90. The molecule has 0 saturated heterocycles. The average Bonchev–Trinajstić information content (AvgIpc) is 2.42. The molecule has 0 amide bonds. The second-order valence-electron chi connectivity index (χ2n) is 4.09. The van der Waals surface area contributed by atoms with E-state index in [4.69, 9.17) is 0 Å². The second-order valence-corrected chi connectivity index (χ2v) is 5.09. The highest BCUT2D eigenvalue weighted by atomic mass is 28.1. The molecular weight excluding hydrogens is 220 g/mol. The van der Waals surface area contributed by atoms with Crippen molar-refractivity contribution in [2.75, 3.05) is 0 Å². The molecule has 0 saturated carbocycles. The van der Waals surface area contributed by atoms with Gasteiger partial charge in [0.15, 0.2) is 0 Å². The molecule has 0 aliphatic carbocycles. The summed E-state index contributed by atoms with van der Waals surface area (Å²) >= 11 is 0. The molecule has 0 aliphatic heterocycles. The lowest BCUT2D eigenvalue weighted by molar-refractivity contribution is 0.884. The third kappa shape index (κ3) is 5.50. The van der Waals surface area contributed by atoms with E-state index in [1.165, 1.54) is 40.3 Å². The van der Waals surface area contributed by atoms with Crippen molar-refractivity contribution in [3.63, 3.8) is 0 Å². The zero-order chi connectivity index (χ0) is 12.3. The first-order chi connectivity index (χ1) is 8.38. The van der Waals surface area contributed by atoms with Gasteiger partial charge in [-0.05, 0) is 11.1 Å². The Morgan fingerprint density at radius 1 is 0.765 bits per heavy atom. The van der Waals surface area contributed by atoms with Gasteiger partial charge in [0.25, 0.3) is 0 Å². The van der Waals surface area contributed by atoms with Crippen molar-refractivity contribution in [1.29, 1.82) is 0 Å². The van der Waals surface area contributed by atoms with E-state index in [9.17, 15) is 0 Å². The van der Waals surface area contributed by atoms with Crippen LogP contribution in [0.2, 0.25) is 6.04 Å². The van der Waals surface area contributed by atoms with Crippen LogP contribution in [-0.2, 0) is 0 Å². The summed E-state index contributed by atoms with van der Waals surface area (Å²) in [6.07, 6.45) is 2.83. The lowest BCUT2D eigenvalue weighted by Crippen LogP contribution is -1.73. The van der Waals surface area contributed by atoms with Crippen LogP contribution in [0.4, 0.5) is 0 Å². The third-order valence-corrected chi connectivity index (χ3v) is 3.30. The largest absolute Gasteiger partial charge is 0.0659 e. The Kier molecular flexibility index (Phi) is 7.08. The quantitative estimate of drug-likeness (QED) is 0.716. The van der Waals surface area contributed by atoms with Gasteiger partial charge in [0.05, 0.1) is 0 Å². The van der Waals surface area contributed by atoms with Crippen molar-refractivity contribution in [2.45, 2.75) is 25.8 Å². The molecule has 0 unspecified atom stereocenters. The molecule has 0 heterocycles. The van der Waals surface area contributed by atoms with E-state index in [0.29, 0.717) is 0 Å². The van der Waals surface area contributed by atoms with Crippen LogP contribution in [0.1, 0.15) is 19.8 Å². The highest BCUT2D eigenvalue weighted by molar-refractivity contribution is 6.08. The van der Waals surface area contributed by atoms with Crippen LogP contribution in [0.15, 0.2) is 60.7 Å². The summed E-state index contributed by atoms with van der Waals surface area (Å²) in [4.78, 5) is 0. The molecule has 0 bridgehead atoms. The Labute approximate surface area is 108 Å². The van der Waals surface area contributed by atoms with Crippen molar-refractivity contribution in [1.82, 2.24) is 0 Å². The van der Waals surface area contributed by atoms with Crippen LogP contribution in [-0.4, -0.2) is 10.2 Å². The summed E-state index contributed by atoms with van der Waals surface area (Å²) in [5.74, 6) is 0. The van der Waals surface area contributed by atoms with Gasteiger partial charge in [-0.25, -0.2) is 0 Å². The third-order valence-electron chi connectivity index (χ3n) is 2.59. The van der Waals surface area contributed by atoms with Crippen molar-refractivity contribution < 1.29 is 0 Å². The number of rotatable bonds is 3. The Bertz CT molecular complexity index is 341. The van der Waals surface area contributed by atoms with E-state index < -0.39 is 0 Å². The van der Waals surface area contributed by atoms with Gasteiger partial charge in [0.1, 0.15) is 0 Å². The molecule has 0 atom stereocenters. The summed E-state index contributed by atoms with van der Waals surface area (Å²) in [7, 11) is 1.40. The van der Waals surface area contributed by atoms with Crippen molar-refractivity contribution in [2.24, 2.45) is 0 Å². The molecule has 17 heavy (non-hydrogen) atoms. The summed E-state index contributed by atoms with van der Waals surface area (Å²) in [5.41, 5.74) is 2.55. The monoisotopic (exact) mass is 242 g/mol. The summed E-state index contributed by atoms with van der Waals surface area (Å²) in [6, 6.07) is 22.3. The number of unbranched alkanes of at least 4 members (excludes halogenated alkanes) is 1. The van der Waals surface area contributed by atoms with Gasteiger partial charge in [0, 0.05) is 10.2 Å². The SMILES string of the molecule is CCCC[SiH3].c1ccc(-c2ccccc2)cc1. The molecule has 0 radical (unpaired) electrons. The predicted octanol–water partition coefficient (Wildman–Crippen LogP) is 3.92. The fourth-order valence-electron chi connectivity index (χ4n) is 1.61. The molecule has 90 valence electrons. The first kappa shape index (κ1) is 13.7. The van der Waals surface area contributed by atoms with Gasteiger partial charge < -0.3 is 0 Å². The maximum Gasteiger partial charge on any atom is 0.00279 e. The van der Waals surface area contributed by atoms with Crippen LogP contribution in [0.5, 0.6) is 0 Å². The van der Waals surface area contributed by atoms with Crippen LogP contribution in [0, 0.1) is 0 Å². The number of hydrogen-bond donors (Lipinski definition) is 0. The first-order valence-electron chi connectivity index (χ1n) is 6.49. The van der Waals surface area contributed by atoms with Crippen molar-refractivity contribution in [3.05, 3.63) is 60.7 Å². The molecule has 0 aromatic heterocycles. The molecule has 0 N–H and O–H groups in total. The maximum atomic E-state index is 2.23. The normalized spacial score (nSPS) is 9.47. The smallest absolute Gasteiger partial charge is 0.00279 e. The maximum absolute atomic E-state index is 2.23. The molecule has 0 nitrogen and oxygen atoms in total. The highest BCUT2D eigenvalue weighted by Crippen LogP contribution is 2.17. The molecule has 0 aliphatic rings.